The molecular weight excluding hydrogens is 192 g/mol. The van der Waals surface area contributed by atoms with Gasteiger partial charge in [-0.2, -0.15) is 0 Å². The lowest BCUT2D eigenvalue weighted by Gasteiger charge is -2.26. The van der Waals surface area contributed by atoms with Crippen LogP contribution >= 0.6 is 0 Å². The van der Waals surface area contributed by atoms with Crippen molar-refractivity contribution < 1.29 is 4.79 Å². The molecule has 1 amide bonds. The summed E-state index contributed by atoms with van der Waals surface area (Å²) >= 11 is 0. The highest BCUT2D eigenvalue weighted by molar-refractivity contribution is 5.92. The summed E-state index contributed by atoms with van der Waals surface area (Å²) in [5, 5.41) is 5.76. The van der Waals surface area contributed by atoms with Crippen LogP contribution in [0.1, 0.15) is 29.8 Å². The monoisotopic (exact) mass is 206 g/mol. The number of anilines is 1. The Balaban J connectivity index is 2.03. The van der Waals surface area contributed by atoms with Crippen molar-refractivity contribution >= 4 is 11.7 Å². The van der Waals surface area contributed by atoms with E-state index in [4.69, 9.17) is 0 Å². The zero-order chi connectivity index (χ0) is 10.7. The molecule has 0 bridgehead atoms. The average molecular weight is 206 g/mol. The van der Waals surface area contributed by atoms with E-state index in [0.29, 0.717) is 17.6 Å². The molecule has 15 heavy (non-hydrogen) atoms. The maximum absolute atomic E-state index is 11.7. The fourth-order valence-electron chi connectivity index (χ4n) is 1.41. The van der Waals surface area contributed by atoms with Gasteiger partial charge >= 0.3 is 0 Å². The van der Waals surface area contributed by atoms with Gasteiger partial charge < -0.3 is 10.6 Å². The van der Waals surface area contributed by atoms with Gasteiger partial charge in [0, 0.05) is 13.1 Å². The highest BCUT2D eigenvalue weighted by atomic mass is 16.1. The Morgan fingerprint density at radius 1 is 1.47 bits per heavy atom. The third-order valence-corrected chi connectivity index (χ3v) is 2.56. The predicted octanol–water partition coefficient (Wildman–Crippen LogP) is 0.801. The lowest BCUT2D eigenvalue weighted by atomic mass is 9.93. The molecule has 5 nitrogen and oxygen atoms in total. The van der Waals surface area contributed by atoms with E-state index in [1.807, 2.05) is 0 Å². The van der Waals surface area contributed by atoms with Gasteiger partial charge in [0.15, 0.2) is 0 Å². The molecule has 0 aliphatic heterocycles. The summed E-state index contributed by atoms with van der Waals surface area (Å²) in [5.74, 6) is 0.473. The van der Waals surface area contributed by atoms with Gasteiger partial charge in [-0.05, 0) is 19.3 Å². The second-order valence-corrected chi connectivity index (χ2v) is 3.64. The maximum atomic E-state index is 11.7. The van der Waals surface area contributed by atoms with E-state index < -0.39 is 0 Å². The van der Waals surface area contributed by atoms with Gasteiger partial charge in [-0.1, -0.05) is 0 Å². The molecule has 5 heteroatoms. The van der Waals surface area contributed by atoms with Gasteiger partial charge in [-0.25, -0.2) is 4.98 Å². The van der Waals surface area contributed by atoms with Crippen LogP contribution in [0, 0.1) is 0 Å². The number of aromatic nitrogens is 2. The topological polar surface area (TPSA) is 66.9 Å². The van der Waals surface area contributed by atoms with E-state index in [1.165, 1.54) is 12.6 Å². The number of nitrogens with zero attached hydrogens (tertiary/aromatic N) is 2. The standard InChI is InChI=1S/C10H14N4O/c1-11-9-6-12-5-8(14-9)10(15)13-7-3-2-4-7/h5-7H,2-4H2,1H3,(H,11,14)(H,13,15). The van der Waals surface area contributed by atoms with Gasteiger partial charge in [0.25, 0.3) is 5.91 Å². The molecule has 1 aromatic heterocycles. The molecule has 0 aromatic carbocycles. The second-order valence-electron chi connectivity index (χ2n) is 3.64. The Morgan fingerprint density at radius 3 is 2.87 bits per heavy atom. The van der Waals surface area contributed by atoms with Crippen molar-refractivity contribution in [2.24, 2.45) is 0 Å². The number of carbonyl (C=O) groups is 1. The van der Waals surface area contributed by atoms with Gasteiger partial charge in [-0.3, -0.25) is 9.78 Å². The minimum atomic E-state index is -0.135. The van der Waals surface area contributed by atoms with Crippen LogP contribution in [0.2, 0.25) is 0 Å². The first-order valence-electron chi connectivity index (χ1n) is 5.10. The van der Waals surface area contributed by atoms with Crippen LogP contribution in [-0.2, 0) is 0 Å². The van der Waals surface area contributed by atoms with E-state index in [9.17, 15) is 4.79 Å². The summed E-state index contributed by atoms with van der Waals surface area (Å²) in [5.41, 5.74) is 0.369. The summed E-state index contributed by atoms with van der Waals surface area (Å²) < 4.78 is 0. The minimum absolute atomic E-state index is 0.135. The van der Waals surface area contributed by atoms with Crippen LogP contribution in [0.3, 0.4) is 0 Å². The molecule has 0 unspecified atom stereocenters. The molecule has 0 spiro atoms. The van der Waals surface area contributed by atoms with Crippen LogP contribution in [0.15, 0.2) is 12.4 Å². The van der Waals surface area contributed by atoms with Crippen molar-refractivity contribution in [3.63, 3.8) is 0 Å². The summed E-state index contributed by atoms with van der Waals surface area (Å²) in [7, 11) is 1.75. The fraction of sp³-hybridized carbons (Fsp3) is 0.500. The van der Waals surface area contributed by atoms with E-state index in [0.717, 1.165) is 12.8 Å². The van der Waals surface area contributed by atoms with E-state index >= 15 is 0 Å². The third-order valence-electron chi connectivity index (χ3n) is 2.56. The summed E-state index contributed by atoms with van der Waals surface area (Å²) in [6, 6.07) is 0.331. The van der Waals surface area contributed by atoms with Crippen LogP contribution in [0.5, 0.6) is 0 Å². The van der Waals surface area contributed by atoms with Crippen molar-refractivity contribution in [3.05, 3.63) is 18.1 Å². The van der Waals surface area contributed by atoms with Crippen molar-refractivity contribution in [3.8, 4) is 0 Å². The Morgan fingerprint density at radius 2 is 2.27 bits per heavy atom. The number of amides is 1. The number of nitrogens with one attached hydrogen (secondary N) is 2. The fourth-order valence-corrected chi connectivity index (χ4v) is 1.41. The molecule has 0 atom stereocenters. The third kappa shape index (κ3) is 2.23. The van der Waals surface area contributed by atoms with Crippen molar-refractivity contribution in [1.82, 2.24) is 15.3 Å². The van der Waals surface area contributed by atoms with Crippen LogP contribution < -0.4 is 10.6 Å². The van der Waals surface area contributed by atoms with Crippen molar-refractivity contribution in [1.29, 1.82) is 0 Å². The Kier molecular flexibility index (Phi) is 2.80. The second kappa shape index (κ2) is 4.25. The van der Waals surface area contributed by atoms with Crippen molar-refractivity contribution in [2.75, 3.05) is 12.4 Å². The lowest BCUT2D eigenvalue weighted by Crippen LogP contribution is -2.39. The molecule has 1 fully saturated rings. The molecule has 80 valence electrons. The molecule has 2 N–H and O–H groups in total. The Hall–Kier alpha value is -1.65. The predicted molar refractivity (Wildman–Crippen MR) is 56.7 cm³/mol. The van der Waals surface area contributed by atoms with Crippen LogP contribution in [0.25, 0.3) is 0 Å². The zero-order valence-electron chi connectivity index (χ0n) is 8.66. The lowest BCUT2D eigenvalue weighted by molar-refractivity contribution is 0.0911. The molecule has 1 aromatic rings. The SMILES string of the molecule is CNc1cncc(C(=O)NC2CCC2)n1. The smallest absolute Gasteiger partial charge is 0.271 e. The van der Waals surface area contributed by atoms with Gasteiger partial charge in [0.1, 0.15) is 11.5 Å². The van der Waals surface area contributed by atoms with Gasteiger partial charge in [-0.15, -0.1) is 0 Å². The van der Waals surface area contributed by atoms with Gasteiger partial charge in [0.05, 0.1) is 12.4 Å². The van der Waals surface area contributed by atoms with E-state index in [2.05, 4.69) is 20.6 Å². The molecule has 1 heterocycles. The minimum Gasteiger partial charge on any atom is -0.372 e. The van der Waals surface area contributed by atoms with Gasteiger partial charge in [0.2, 0.25) is 0 Å². The quantitative estimate of drug-likeness (QED) is 0.767. The first kappa shape index (κ1) is 9.89. The van der Waals surface area contributed by atoms with Crippen LogP contribution in [0.4, 0.5) is 5.82 Å². The molecule has 1 aliphatic carbocycles. The Bertz CT molecular complexity index is 362. The molecule has 1 aliphatic rings. The summed E-state index contributed by atoms with van der Waals surface area (Å²) in [6.45, 7) is 0. The highest BCUT2D eigenvalue weighted by Crippen LogP contribution is 2.18. The molecule has 0 radical (unpaired) electrons. The largest absolute Gasteiger partial charge is 0.372 e. The maximum Gasteiger partial charge on any atom is 0.271 e. The summed E-state index contributed by atoms with van der Waals surface area (Å²) in [6.07, 6.45) is 6.41. The van der Waals surface area contributed by atoms with Crippen molar-refractivity contribution in [2.45, 2.75) is 25.3 Å². The average Bonchev–Trinajstić information content (AvgIpc) is 2.23. The molecular formula is C10H14N4O. The number of hydrogen-bond donors (Lipinski definition) is 2. The normalized spacial score (nSPS) is 15.5. The first-order valence-corrected chi connectivity index (χ1v) is 5.10. The molecule has 1 saturated carbocycles. The molecule has 2 rings (SSSR count). The number of carbonyl (C=O) groups excluding carboxylic acids is 1. The first-order chi connectivity index (χ1) is 7.29. The highest BCUT2D eigenvalue weighted by Gasteiger charge is 2.20. The summed E-state index contributed by atoms with van der Waals surface area (Å²) in [4.78, 5) is 19.7. The Labute approximate surface area is 88.3 Å². The van der Waals surface area contributed by atoms with E-state index in [1.54, 1.807) is 13.2 Å². The van der Waals surface area contributed by atoms with E-state index in [-0.39, 0.29) is 5.91 Å². The van der Waals surface area contributed by atoms with Crippen LogP contribution in [-0.4, -0.2) is 29.0 Å². The zero-order valence-corrected chi connectivity index (χ0v) is 8.66. The number of hydrogen-bond acceptors (Lipinski definition) is 4. The molecule has 0 saturated heterocycles. The number of rotatable bonds is 3.